The Hall–Kier alpha value is -2.42. The normalized spacial score (nSPS) is 18.4. The van der Waals surface area contributed by atoms with Crippen LogP contribution in [0.4, 0.5) is 0 Å². The van der Waals surface area contributed by atoms with Crippen molar-refractivity contribution >= 4 is 5.96 Å². The molecule has 0 amide bonds. The first-order valence-electron chi connectivity index (χ1n) is 10.6. The van der Waals surface area contributed by atoms with Crippen LogP contribution in [0, 0.1) is 6.92 Å². The number of oxazole rings is 1. The average Bonchev–Trinajstić information content (AvgIpc) is 3.36. The Morgan fingerprint density at radius 3 is 2.57 bits per heavy atom. The van der Waals surface area contributed by atoms with E-state index in [1.807, 2.05) is 13.8 Å². The summed E-state index contributed by atoms with van der Waals surface area (Å²) in [6, 6.07) is 8.50. The van der Waals surface area contributed by atoms with E-state index in [9.17, 15) is 0 Å². The number of aliphatic imine (C=N–C) groups is 1. The minimum atomic E-state index is -0.471. The molecule has 0 unspecified atom stereocenters. The minimum Gasteiger partial charge on any atom is -0.449 e. The van der Waals surface area contributed by atoms with Gasteiger partial charge in [0.25, 0.3) is 0 Å². The van der Waals surface area contributed by atoms with Gasteiger partial charge in [-0.2, -0.15) is 0 Å². The fourth-order valence-electron chi connectivity index (χ4n) is 3.76. The number of hydrogen-bond donors (Lipinski definition) is 1. The summed E-state index contributed by atoms with van der Waals surface area (Å²) in [6.45, 7) is 8.44. The standard InChI is InChI=1S/C22H31N5O3/c1-4-28-15-19-7-5-18(6-8-19)13-27(14-20-16-29-17(2)23-20)21-24-22(30-25-21)9-11-26(3)12-10-22/h5-8,16H,4,9-15H2,1-3H3,(H,24,25). The number of aromatic nitrogens is 1. The molecule has 0 saturated carbocycles. The van der Waals surface area contributed by atoms with E-state index in [1.165, 1.54) is 11.1 Å². The van der Waals surface area contributed by atoms with E-state index in [0.717, 1.165) is 44.2 Å². The van der Waals surface area contributed by atoms with Crippen molar-refractivity contribution in [3.8, 4) is 0 Å². The summed E-state index contributed by atoms with van der Waals surface area (Å²) in [5.74, 6) is 1.41. The van der Waals surface area contributed by atoms with Crippen LogP contribution < -0.4 is 5.48 Å². The van der Waals surface area contributed by atoms with Crippen molar-refractivity contribution in [3.63, 3.8) is 0 Å². The topological polar surface area (TPSA) is 75.4 Å². The number of piperidine rings is 1. The Bertz CT molecular complexity index is 856. The molecule has 2 aliphatic heterocycles. The Morgan fingerprint density at radius 2 is 1.90 bits per heavy atom. The highest BCUT2D eigenvalue weighted by atomic mass is 16.7. The summed E-state index contributed by atoms with van der Waals surface area (Å²) >= 11 is 0. The Labute approximate surface area is 177 Å². The zero-order valence-electron chi connectivity index (χ0n) is 18.1. The smallest absolute Gasteiger partial charge is 0.222 e. The third-order valence-corrected chi connectivity index (χ3v) is 5.60. The quantitative estimate of drug-likeness (QED) is 0.748. The molecule has 2 aromatic rings. The lowest BCUT2D eigenvalue weighted by Crippen LogP contribution is -2.43. The van der Waals surface area contributed by atoms with Gasteiger partial charge in [0.15, 0.2) is 11.6 Å². The molecule has 0 atom stereocenters. The maximum absolute atomic E-state index is 5.98. The molecule has 0 bridgehead atoms. The fourth-order valence-corrected chi connectivity index (χ4v) is 3.76. The Morgan fingerprint density at radius 1 is 1.17 bits per heavy atom. The van der Waals surface area contributed by atoms with Crippen LogP contribution in [0.25, 0.3) is 0 Å². The van der Waals surface area contributed by atoms with Crippen LogP contribution in [0.1, 0.15) is 42.5 Å². The first kappa shape index (κ1) is 20.8. The summed E-state index contributed by atoms with van der Waals surface area (Å²) in [7, 11) is 2.13. The second kappa shape index (κ2) is 9.16. The number of likely N-dealkylation sites (tertiary alicyclic amines) is 1. The summed E-state index contributed by atoms with van der Waals surface area (Å²) < 4.78 is 10.9. The predicted molar refractivity (Wildman–Crippen MR) is 113 cm³/mol. The van der Waals surface area contributed by atoms with Gasteiger partial charge in [0.05, 0.1) is 18.8 Å². The van der Waals surface area contributed by atoms with E-state index in [2.05, 4.69) is 51.6 Å². The molecule has 1 spiro atoms. The number of ether oxygens (including phenoxy) is 1. The summed E-state index contributed by atoms with van der Waals surface area (Å²) in [6.07, 6.45) is 3.46. The highest BCUT2D eigenvalue weighted by molar-refractivity contribution is 5.80. The largest absolute Gasteiger partial charge is 0.449 e. The van der Waals surface area contributed by atoms with Gasteiger partial charge in [-0.1, -0.05) is 24.3 Å². The van der Waals surface area contributed by atoms with E-state index in [0.29, 0.717) is 25.6 Å². The van der Waals surface area contributed by atoms with Crippen molar-refractivity contribution in [2.45, 2.75) is 52.1 Å². The van der Waals surface area contributed by atoms with E-state index in [4.69, 9.17) is 19.0 Å². The molecular weight excluding hydrogens is 382 g/mol. The molecule has 3 heterocycles. The Kier molecular flexibility index (Phi) is 6.36. The molecule has 0 radical (unpaired) electrons. The van der Waals surface area contributed by atoms with Gasteiger partial charge in [-0.25, -0.2) is 20.3 Å². The highest BCUT2D eigenvalue weighted by Gasteiger charge is 2.40. The predicted octanol–water partition coefficient (Wildman–Crippen LogP) is 2.83. The molecule has 2 aliphatic rings. The van der Waals surface area contributed by atoms with Gasteiger partial charge >= 0.3 is 0 Å². The average molecular weight is 414 g/mol. The van der Waals surface area contributed by atoms with Crippen molar-refractivity contribution in [2.75, 3.05) is 26.7 Å². The van der Waals surface area contributed by atoms with Crippen molar-refractivity contribution in [1.29, 1.82) is 0 Å². The number of nitrogens with one attached hydrogen (secondary N) is 1. The maximum atomic E-state index is 5.98. The second-order valence-electron chi connectivity index (χ2n) is 8.06. The number of rotatable bonds is 7. The molecule has 8 nitrogen and oxygen atoms in total. The zero-order chi connectivity index (χ0) is 21.0. The van der Waals surface area contributed by atoms with Crippen molar-refractivity contribution in [2.24, 2.45) is 4.99 Å². The Balaban J connectivity index is 1.51. The summed E-state index contributed by atoms with van der Waals surface area (Å²) in [4.78, 5) is 19.9. The third kappa shape index (κ3) is 5.00. The molecule has 4 rings (SSSR count). The lowest BCUT2D eigenvalue weighted by Gasteiger charge is -2.33. The van der Waals surface area contributed by atoms with Crippen LogP contribution in [-0.4, -0.2) is 53.2 Å². The number of aryl methyl sites for hydroxylation is 1. The van der Waals surface area contributed by atoms with Crippen LogP contribution in [-0.2, 0) is 29.3 Å². The van der Waals surface area contributed by atoms with E-state index in [-0.39, 0.29) is 0 Å². The van der Waals surface area contributed by atoms with Crippen LogP contribution in [0.2, 0.25) is 0 Å². The van der Waals surface area contributed by atoms with E-state index < -0.39 is 5.72 Å². The van der Waals surface area contributed by atoms with Crippen molar-refractivity contribution in [3.05, 3.63) is 53.2 Å². The highest BCUT2D eigenvalue weighted by Crippen LogP contribution is 2.30. The van der Waals surface area contributed by atoms with Gasteiger partial charge < -0.3 is 19.0 Å². The molecular formula is C22H31N5O3. The number of guanidine groups is 1. The molecule has 1 N–H and O–H groups in total. The van der Waals surface area contributed by atoms with Gasteiger partial charge in [0.2, 0.25) is 5.96 Å². The minimum absolute atomic E-state index is 0.471. The van der Waals surface area contributed by atoms with Crippen LogP contribution in [0.5, 0.6) is 0 Å². The number of hydrogen-bond acceptors (Lipinski definition) is 8. The van der Waals surface area contributed by atoms with Gasteiger partial charge in [-0.15, -0.1) is 0 Å². The van der Waals surface area contributed by atoms with E-state index >= 15 is 0 Å². The summed E-state index contributed by atoms with van der Waals surface area (Å²) in [5, 5.41) is 0. The maximum Gasteiger partial charge on any atom is 0.222 e. The third-order valence-electron chi connectivity index (χ3n) is 5.60. The molecule has 1 saturated heterocycles. The van der Waals surface area contributed by atoms with Gasteiger partial charge in [-0.05, 0) is 25.1 Å². The molecule has 8 heteroatoms. The molecule has 1 aromatic carbocycles. The van der Waals surface area contributed by atoms with Crippen LogP contribution in [0.15, 0.2) is 39.9 Å². The molecule has 162 valence electrons. The number of benzene rings is 1. The van der Waals surface area contributed by atoms with E-state index in [1.54, 1.807) is 6.26 Å². The fraction of sp³-hybridized carbons (Fsp3) is 0.545. The first-order chi connectivity index (χ1) is 14.5. The van der Waals surface area contributed by atoms with Gasteiger partial charge in [-0.3, -0.25) is 0 Å². The second-order valence-corrected chi connectivity index (χ2v) is 8.06. The monoisotopic (exact) mass is 413 g/mol. The molecule has 30 heavy (non-hydrogen) atoms. The molecule has 0 aliphatic carbocycles. The van der Waals surface area contributed by atoms with Gasteiger partial charge in [0.1, 0.15) is 6.26 Å². The van der Waals surface area contributed by atoms with Crippen molar-refractivity contribution < 1.29 is 14.0 Å². The SMILES string of the molecule is CCOCc1ccc(CN(Cc2coc(C)n2)C2=NC3(CCN(C)CC3)ON2)cc1. The number of hydroxylamine groups is 1. The number of nitrogens with zero attached hydrogens (tertiary/aromatic N) is 4. The first-order valence-corrected chi connectivity index (χ1v) is 10.6. The molecule has 1 aromatic heterocycles. The van der Waals surface area contributed by atoms with Crippen molar-refractivity contribution in [1.82, 2.24) is 20.3 Å². The lowest BCUT2D eigenvalue weighted by atomic mass is 10.0. The lowest BCUT2D eigenvalue weighted by molar-refractivity contribution is -0.0875. The van der Waals surface area contributed by atoms with Crippen LogP contribution in [0.3, 0.4) is 0 Å². The van der Waals surface area contributed by atoms with Crippen LogP contribution >= 0.6 is 0 Å². The molecule has 1 fully saturated rings. The zero-order valence-corrected chi connectivity index (χ0v) is 18.1. The van der Waals surface area contributed by atoms with Gasteiger partial charge in [0, 0.05) is 46.0 Å². The summed E-state index contributed by atoms with van der Waals surface area (Å²) in [5.41, 5.74) is 5.85.